The maximum Gasteiger partial charge on any atom is 0.315 e. The number of nitrogens with one attached hydrogen (secondary N) is 2. The van der Waals surface area contributed by atoms with Crippen LogP contribution in [0, 0.1) is 11.2 Å². The van der Waals surface area contributed by atoms with Crippen LogP contribution in [0.15, 0.2) is 24.3 Å². The van der Waals surface area contributed by atoms with Gasteiger partial charge in [-0.05, 0) is 31.9 Å². The zero-order valence-corrected chi connectivity index (χ0v) is 13.6. The highest BCUT2D eigenvalue weighted by Crippen LogP contribution is 2.37. The number of hydrogen-bond donors (Lipinski definition) is 3. The van der Waals surface area contributed by atoms with Crippen molar-refractivity contribution in [2.24, 2.45) is 5.41 Å². The van der Waals surface area contributed by atoms with Crippen molar-refractivity contribution < 1.29 is 19.0 Å². The Hall–Kier alpha value is -1.82. The third kappa shape index (κ3) is 4.82. The Labute approximate surface area is 136 Å². The highest BCUT2D eigenvalue weighted by molar-refractivity contribution is 5.74. The molecule has 3 unspecified atom stereocenters. The van der Waals surface area contributed by atoms with Crippen molar-refractivity contribution in [1.29, 1.82) is 0 Å². The largest absolute Gasteiger partial charge is 0.489 e. The second-order valence-electron chi connectivity index (χ2n) is 6.50. The molecule has 128 valence electrons. The van der Waals surface area contributed by atoms with Crippen LogP contribution in [0.25, 0.3) is 0 Å². The molecule has 0 spiro atoms. The summed E-state index contributed by atoms with van der Waals surface area (Å²) in [5, 5.41) is 15.2. The van der Waals surface area contributed by atoms with Gasteiger partial charge >= 0.3 is 6.03 Å². The first kappa shape index (κ1) is 17.5. The van der Waals surface area contributed by atoms with E-state index in [-0.39, 0.29) is 36.0 Å². The van der Waals surface area contributed by atoms with Gasteiger partial charge in [0.05, 0.1) is 13.2 Å². The van der Waals surface area contributed by atoms with Gasteiger partial charge in [0.15, 0.2) is 0 Å². The van der Waals surface area contributed by atoms with Crippen molar-refractivity contribution >= 4 is 6.03 Å². The first-order chi connectivity index (χ1) is 10.9. The van der Waals surface area contributed by atoms with Crippen LogP contribution in [0.1, 0.15) is 33.1 Å². The Morgan fingerprint density at radius 3 is 3.04 bits per heavy atom. The van der Waals surface area contributed by atoms with Crippen molar-refractivity contribution in [1.82, 2.24) is 10.6 Å². The van der Waals surface area contributed by atoms with Gasteiger partial charge in [-0.25, -0.2) is 9.18 Å². The number of rotatable bonds is 6. The summed E-state index contributed by atoms with van der Waals surface area (Å²) >= 11 is 0. The number of hydrogen-bond acceptors (Lipinski definition) is 3. The quantitative estimate of drug-likeness (QED) is 0.753. The highest BCUT2D eigenvalue weighted by Gasteiger charge is 2.39. The molecule has 1 aliphatic carbocycles. The Morgan fingerprint density at radius 1 is 1.57 bits per heavy atom. The van der Waals surface area contributed by atoms with Gasteiger partial charge in [0, 0.05) is 17.5 Å². The summed E-state index contributed by atoms with van der Waals surface area (Å²) in [6.07, 6.45) is 2.50. The molecule has 0 aromatic heterocycles. The van der Waals surface area contributed by atoms with Crippen LogP contribution in [0.3, 0.4) is 0 Å². The molecule has 23 heavy (non-hydrogen) atoms. The Kier molecular flexibility index (Phi) is 5.82. The molecule has 1 aliphatic rings. The van der Waals surface area contributed by atoms with E-state index in [1.165, 1.54) is 12.1 Å². The lowest BCUT2D eigenvalue weighted by Gasteiger charge is -2.30. The fourth-order valence-corrected chi connectivity index (χ4v) is 2.93. The van der Waals surface area contributed by atoms with E-state index in [1.54, 1.807) is 19.1 Å². The van der Waals surface area contributed by atoms with E-state index >= 15 is 0 Å². The molecule has 5 nitrogen and oxygen atoms in total. The lowest BCUT2D eigenvalue weighted by molar-refractivity contribution is 0.120. The SMILES string of the molecule is CC(CNC(=O)NC1CCCC1(C)CO)Oc1cccc(F)c1. The molecular formula is C17H25FN2O3. The number of ether oxygens (including phenoxy) is 1. The first-order valence-electron chi connectivity index (χ1n) is 8.00. The van der Waals surface area contributed by atoms with Crippen LogP contribution >= 0.6 is 0 Å². The minimum atomic E-state index is -0.357. The summed E-state index contributed by atoms with van der Waals surface area (Å²) in [6.45, 7) is 4.17. The number of aliphatic hydroxyl groups is 1. The van der Waals surface area contributed by atoms with Gasteiger partial charge in [-0.2, -0.15) is 0 Å². The van der Waals surface area contributed by atoms with Gasteiger partial charge in [-0.1, -0.05) is 19.4 Å². The zero-order chi connectivity index (χ0) is 16.9. The van der Waals surface area contributed by atoms with Gasteiger partial charge in [0.25, 0.3) is 0 Å². The number of aliphatic hydroxyl groups excluding tert-OH is 1. The normalized spacial score (nSPS) is 25.0. The van der Waals surface area contributed by atoms with Gasteiger partial charge in [0.1, 0.15) is 17.7 Å². The molecule has 3 N–H and O–H groups in total. The molecule has 2 amide bonds. The molecule has 0 saturated heterocycles. The minimum absolute atomic E-state index is 0.0213. The summed E-state index contributed by atoms with van der Waals surface area (Å²) in [5.41, 5.74) is -0.249. The molecule has 2 rings (SSSR count). The van der Waals surface area contributed by atoms with E-state index in [4.69, 9.17) is 4.74 Å². The molecule has 6 heteroatoms. The van der Waals surface area contributed by atoms with Gasteiger partial charge < -0.3 is 20.5 Å². The summed E-state index contributed by atoms with van der Waals surface area (Å²) in [6, 6.07) is 5.61. The zero-order valence-electron chi connectivity index (χ0n) is 13.6. The van der Waals surface area contributed by atoms with E-state index in [2.05, 4.69) is 10.6 Å². The maximum atomic E-state index is 13.1. The van der Waals surface area contributed by atoms with Crippen LogP contribution in [-0.2, 0) is 0 Å². The second-order valence-corrected chi connectivity index (χ2v) is 6.50. The summed E-state index contributed by atoms with van der Waals surface area (Å²) in [7, 11) is 0. The smallest absolute Gasteiger partial charge is 0.315 e. The fraction of sp³-hybridized carbons (Fsp3) is 0.588. The Bertz CT molecular complexity index is 540. The van der Waals surface area contributed by atoms with Crippen LogP contribution in [0.5, 0.6) is 5.75 Å². The molecule has 1 saturated carbocycles. The molecule has 3 atom stereocenters. The van der Waals surface area contributed by atoms with E-state index in [0.29, 0.717) is 12.3 Å². The van der Waals surface area contributed by atoms with Crippen molar-refractivity contribution in [3.05, 3.63) is 30.1 Å². The maximum absolute atomic E-state index is 13.1. The lowest BCUT2D eigenvalue weighted by atomic mass is 9.86. The van der Waals surface area contributed by atoms with Crippen molar-refractivity contribution in [2.75, 3.05) is 13.2 Å². The van der Waals surface area contributed by atoms with E-state index in [1.807, 2.05) is 6.92 Å². The number of benzene rings is 1. The fourth-order valence-electron chi connectivity index (χ4n) is 2.93. The van der Waals surface area contributed by atoms with Crippen molar-refractivity contribution in [2.45, 2.75) is 45.3 Å². The number of carbonyl (C=O) groups excluding carboxylic acids is 1. The monoisotopic (exact) mass is 324 g/mol. The molecule has 1 aromatic carbocycles. The molecule has 1 aromatic rings. The topological polar surface area (TPSA) is 70.6 Å². The van der Waals surface area contributed by atoms with Gasteiger partial charge in [-0.3, -0.25) is 0 Å². The first-order valence-corrected chi connectivity index (χ1v) is 8.00. The second kappa shape index (κ2) is 7.64. The summed E-state index contributed by atoms with van der Waals surface area (Å²) < 4.78 is 18.6. The van der Waals surface area contributed by atoms with Gasteiger partial charge in [0.2, 0.25) is 0 Å². The predicted molar refractivity (Wildman–Crippen MR) is 85.9 cm³/mol. The molecule has 0 bridgehead atoms. The van der Waals surface area contributed by atoms with Crippen molar-refractivity contribution in [3.8, 4) is 5.75 Å². The van der Waals surface area contributed by atoms with E-state index < -0.39 is 0 Å². The number of halogens is 1. The Balaban J connectivity index is 1.75. The molecule has 0 heterocycles. The van der Waals surface area contributed by atoms with Gasteiger partial charge in [-0.15, -0.1) is 0 Å². The number of urea groups is 1. The molecular weight excluding hydrogens is 299 g/mol. The van der Waals surface area contributed by atoms with Crippen LogP contribution in [-0.4, -0.2) is 36.4 Å². The molecule has 0 aliphatic heterocycles. The van der Waals surface area contributed by atoms with E-state index in [9.17, 15) is 14.3 Å². The van der Waals surface area contributed by atoms with Crippen molar-refractivity contribution in [3.63, 3.8) is 0 Å². The van der Waals surface area contributed by atoms with Crippen LogP contribution in [0.2, 0.25) is 0 Å². The predicted octanol–water partition coefficient (Wildman–Crippen LogP) is 2.44. The standard InChI is InChI=1S/C17H25FN2O3/c1-12(23-14-6-3-5-13(18)9-14)10-19-16(22)20-15-7-4-8-17(15,2)11-21/h3,5-6,9,12,15,21H,4,7-8,10-11H2,1-2H3,(H2,19,20,22). The van der Waals surface area contributed by atoms with Crippen LogP contribution in [0.4, 0.5) is 9.18 Å². The van der Waals surface area contributed by atoms with Crippen LogP contribution < -0.4 is 15.4 Å². The Morgan fingerprint density at radius 2 is 2.35 bits per heavy atom. The number of carbonyl (C=O) groups is 1. The third-order valence-corrected chi connectivity index (χ3v) is 4.43. The minimum Gasteiger partial charge on any atom is -0.489 e. The molecule has 1 fully saturated rings. The summed E-state index contributed by atoms with van der Waals surface area (Å²) in [5.74, 6) is 0.0771. The third-order valence-electron chi connectivity index (χ3n) is 4.43. The lowest BCUT2D eigenvalue weighted by Crippen LogP contribution is -2.50. The average molecular weight is 324 g/mol. The number of amides is 2. The summed E-state index contributed by atoms with van der Waals surface area (Å²) in [4.78, 5) is 12.0. The molecule has 0 radical (unpaired) electrons. The highest BCUT2D eigenvalue weighted by atomic mass is 19.1. The van der Waals surface area contributed by atoms with E-state index in [0.717, 1.165) is 19.3 Å². The average Bonchev–Trinajstić information content (AvgIpc) is 2.87.